The van der Waals surface area contributed by atoms with Gasteiger partial charge in [0.05, 0.1) is 16.7 Å². The van der Waals surface area contributed by atoms with E-state index in [1.165, 1.54) is 10.6 Å². The van der Waals surface area contributed by atoms with E-state index in [1.807, 2.05) is 54.5 Å². The van der Waals surface area contributed by atoms with E-state index in [1.54, 1.807) is 12.3 Å². The molecular weight excluding hydrogens is 320 g/mol. The molecule has 25 heavy (non-hydrogen) atoms. The maximum Gasteiger partial charge on any atom is 0.500 e. The van der Waals surface area contributed by atoms with Crippen LogP contribution in [-0.4, -0.2) is 28.8 Å². The summed E-state index contributed by atoms with van der Waals surface area (Å²) in [6.45, 7) is 13.2. The van der Waals surface area contributed by atoms with Gasteiger partial charge in [-0.15, -0.1) is 0 Å². The number of carbonyl (C=O) groups is 1. The van der Waals surface area contributed by atoms with Crippen LogP contribution in [0.25, 0.3) is 10.9 Å². The second-order valence-corrected chi connectivity index (χ2v) is 8.73. The van der Waals surface area contributed by atoms with Crippen molar-refractivity contribution in [3.63, 3.8) is 0 Å². The van der Waals surface area contributed by atoms with Crippen LogP contribution in [0.2, 0.25) is 0 Å². The fraction of sp³-hybridized carbons (Fsp3) is 0.526. The fourth-order valence-corrected chi connectivity index (χ4v) is 2.95. The number of aromatic nitrogens is 1. The van der Waals surface area contributed by atoms with E-state index >= 15 is 0 Å². The van der Waals surface area contributed by atoms with Crippen LogP contribution >= 0.6 is 0 Å². The first-order chi connectivity index (χ1) is 11.3. The molecule has 0 bridgehead atoms. The molecule has 1 aromatic heterocycles. The third-order valence-electron chi connectivity index (χ3n) is 5.19. The normalized spacial score (nSPS) is 19.6. The highest BCUT2D eigenvalue weighted by Crippen LogP contribution is 2.37. The van der Waals surface area contributed by atoms with E-state index in [0.29, 0.717) is 5.52 Å². The van der Waals surface area contributed by atoms with E-state index in [-0.39, 0.29) is 11.4 Å². The number of benzene rings is 1. The molecule has 0 unspecified atom stereocenters. The van der Waals surface area contributed by atoms with Gasteiger partial charge in [0, 0.05) is 17.1 Å². The van der Waals surface area contributed by atoms with Gasteiger partial charge in [-0.2, -0.15) is 0 Å². The van der Waals surface area contributed by atoms with Gasteiger partial charge in [0.15, 0.2) is 0 Å². The Kier molecular flexibility index (Phi) is 3.93. The molecule has 1 aliphatic heterocycles. The monoisotopic (exact) mass is 345 g/mol. The Bertz CT molecular complexity index is 832. The highest BCUT2D eigenvalue weighted by Gasteiger charge is 2.53. The van der Waals surface area contributed by atoms with Gasteiger partial charge in [-0.3, -0.25) is 9.36 Å². The van der Waals surface area contributed by atoms with E-state index in [2.05, 4.69) is 0 Å². The summed E-state index contributed by atoms with van der Waals surface area (Å²) in [5.74, 6) is -0.543. The topological polar surface area (TPSA) is 40.5 Å². The predicted octanol–water partition coefficient (Wildman–Crippen LogP) is 3.77. The average molecular weight is 345 g/mol. The van der Waals surface area contributed by atoms with Crippen LogP contribution < -0.4 is 5.46 Å². The number of nitrogens with zero attached hydrogens (tertiary/aromatic N) is 1. The largest absolute Gasteiger partial charge is 0.500 e. The Balaban J connectivity index is 2.21. The van der Waals surface area contributed by atoms with E-state index in [4.69, 9.17) is 9.31 Å². The maximum absolute atomic E-state index is 14.8. The van der Waals surface area contributed by atoms with Crippen molar-refractivity contribution in [2.45, 2.75) is 59.7 Å². The molecule has 0 radical (unpaired) electrons. The van der Waals surface area contributed by atoms with Crippen LogP contribution in [0.1, 0.15) is 53.3 Å². The van der Waals surface area contributed by atoms with Gasteiger partial charge in [0.1, 0.15) is 5.82 Å². The minimum absolute atomic E-state index is 0.106. The van der Waals surface area contributed by atoms with Crippen LogP contribution in [0.4, 0.5) is 4.39 Å². The predicted molar refractivity (Wildman–Crippen MR) is 97.7 cm³/mol. The lowest BCUT2D eigenvalue weighted by Gasteiger charge is -2.32. The number of hydrogen-bond donors (Lipinski definition) is 0. The minimum atomic E-state index is -0.866. The van der Waals surface area contributed by atoms with Crippen molar-refractivity contribution < 1.29 is 18.5 Å². The molecule has 2 heterocycles. The Morgan fingerprint density at radius 1 is 1.08 bits per heavy atom. The summed E-state index contributed by atoms with van der Waals surface area (Å²) in [5.41, 5.74) is -0.974. The SMILES string of the molecule is CC(C)(C)C(=O)n1ccc2ccc(F)c(B3OC(C)(C)C(C)(C)O3)c21. The van der Waals surface area contributed by atoms with Crippen LogP contribution in [0, 0.1) is 11.2 Å². The zero-order valence-electron chi connectivity index (χ0n) is 15.9. The second-order valence-electron chi connectivity index (χ2n) is 8.73. The number of fused-ring (bicyclic) bond motifs is 1. The van der Waals surface area contributed by atoms with Crippen molar-refractivity contribution in [2.24, 2.45) is 5.41 Å². The Labute approximate surface area is 148 Å². The van der Waals surface area contributed by atoms with Gasteiger partial charge in [0.2, 0.25) is 5.91 Å². The molecule has 0 saturated carbocycles. The van der Waals surface area contributed by atoms with E-state index < -0.39 is 29.6 Å². The molecule has 4 nitrogen and oxygen atoms in total. The van der Waals surface area contributed by atoms with Gasteiger partial charge >= 0.3 is 7.12 Å². The minimum Gasteiger partial charge on any atom is -0.399 e. The zero-order valence-corrected chi connectivity index (χ0v) is 15.9. The standard InChI is InChI=1S/C19H25BFNO3/c1-17(2,3)16(23)22-11-10-12-8-9-13(21)14(15(12)22)20-24-18(4,5)19(6,7)25-20/h8-11H,1-7H3. The van der Waals surface area contributed by atoms with E-state index in [0.717, 1.165) is 5.39 Å². The molecule has 0 N–H and O–H groups in total. The zero-order chi connectivity index (χ0) is 18.8. The second kappa shape index (κ2) is 5.42. The molecule has 2 aromatic rings. The van der Waals surface area contributed by atoms with Gasteiger partial charge in [-0.25, -0.2) is 4.39 Å². The first-order valence-corrected chi connectivity index (χ1v) is 8.55. The number of carbonyl (C=O) groups excluding carboxylic acids is 1. The molecule has 134 valence electrons. The van der Waals surface area contributed by atoms with Crippen LogP contribution in [0.5, 0.6) is 0 Å². The molecule has 1 fully saturated rings. The van der Waals surface area contributed by atoms with Gasteiger partial charge in [0.25, 0.3) is 0 Å². The quantitative estimate of drug-likeness (QED) is 0.739. The maximum atomic E-state index is 14.8. The van der Waals surface area contributed by atoms with Crippen molar-refractivity contribution in [1.29, 1.82) is 0 Å². The number of hydrogen-bond acceptors (Lipinski definition) is 3. The lowest BCUT2D eigenvalue weighted by atomic mass is 9.77. The molecule has 1 aliphatic rings. The van der Waals surface area contributed by atoms with Crippen molar-refractivity contribution in [3.05, 3.63) is 30.2 Å². The highest BCUT2D eigenvalue weighted by atomic mass is 19.1. The molecule has 0 atom stereocenters. The van der Waals surface area contributed by atoms with Crippen molar-refractivity contribution in [1.82, 2.24) is 4.57 Å². The molecule has 6 heteroatoms. The van der Waals surface area contributed by atoms with Crippen molar-refractivity contribution >= 4 is 29.4 Å². The molecule has 3 rings (SSSR count). The van der Waals surface area contributed by atoms with Crippen LogP contribution in [0.3, 0.4) is 0 Å². The third-order valence-corrected chi connectivity index (χ3v) is 5.19. The lowest BCUT2D eigenvalue weighted by Crippen LogP contribution is -2.41. The van der Waals surface area contributed by atoms with Gasteiger partial charge in [-0.05, 0) is 51.3 Å². The number of rotatable bonds is 1. The average Bonchev–Trinajstić information content (AvgIpc) is 2.95. The smallest absolute Gasteiger partial charge is 0.399 e. The Morgan fingerprint density at radius 3 is 2.16 bits per heavy atom. The summed E-state index contributed by atoms with van der Waals surface area (Å²) in [4.78, 5) is 12.8. The molecule has 0 aliphatic carbocycles. The highest BCUT2D eigenvalue weighted by molar-refractivity contribution is 6.65. The van der Waals surface area contributed by atoms with E-state index in [9.17, 15) is 9.18 Å². The summed E-state index contributed by atoms with van der Waals surface area (Å²) in [5, 5.41) is 0.781. The molecule has 0 spiro atoms. The summed E-state index contributed by atoms with van der Waals surface area (Å²) < 4.78 is 28.4. The molecule has 1 aromatic carbocycles. The summed E-state index contributed by atoms with van der Waals surface area (Å²) in [7, 11) is -0.866. The lowest BCUT2D eigenvalue weighted by molar-refractivity contribution is 0.00578. The summed E-state index contributed by atoms with van der Waals surface area (Å²) in [6.07, 6.45) is 1.69. The molecular formula is C19H25BFNO3. The summed E-state index contributed by atoms with van der Waals surface area (Å²) >= 11 is 0. The molecule has 0 amide bonds. The number of halogens is 1. The van der Waals surface area contributed by atoms with Crippen molar-refractivity contribution in [2.75, 3.05) is 0 Å². The first-order valence-electron chi connectivity index (χ1n) is 8.55. The summed E-state index contributed by atoms with van der Waals surface area (Å²) in [6, 6.07) is 4.88. The van der Waals surface area contributed by atoms with Crippen molar-refractivity contribution in [3.8, 4) is 0 Å². The van der Waals surface area contributed by atoms with Crippen LogP contribution in [0.15, 0.2) is 24.4 Å². The van der Waals surface area contributed by atoms with Gasteiger partial charge in [-0.1, -0.05) is 20.8 Å². The molecule has 1 saturated heterocycles. The van der Waals surface area contributed by atoms with Crippen LogP contribution in [-0.2, 0) is 9.31 Å². The third kappa shape index (κ3) is 2.81. The van der Waals surface area contributed by atoms with Gasteiger partial charge < -0.3 is 9.31 Å². The first kappa shape index (κ1) is 18.1. The fourth-order valence-electron chi connectivity index (χ4n) is 2.95. The Morgan fingerprint density at radius 2 is 1.64 bits per heavy atom. The Hall–Kier alpha value is -1.66.